The van der Waals surface area contributed by atoms with Gasteiger partial charge < -0.3 is 5.11 Å². The Bertz CT molecular complexity index is 719. The molecule has 0 radical (unpaired) electrons. The first kappa shape index (κ1) is 13.8. The molecule has 0 saturated carbocycles. The van der Waals surface area contributed by atoms with Gasteiger partial charge in [-0.05, 0) is 38.3 Å². The minimum absolute atomic E-state index is 0.00196. The summed E-state index contributed by atoms with van der Waals surface area (Å²) in [5.41, 5.74) is 1.15. The fourth-order valence-electron chi connectivity index (χ4n) is 1.80. The number of carbonyl (C=O) groups is 1. The van der Waals surface area contributed by atoms with E-state index in [2.05, 4.69) is 21.2 Å². The summed E-state index contributed by atoms with van der Waals surface area (Å²) in [6.45, 7) is 0. The molecule has 0 aliphatic carbocycles. The van der Waals surface area contributed by atoms with E-state index in [1.165, 1.54) is 0 Å². The first-order valence-electron chi connectivity index (χ1n) is 5.30. The Morgan fingerprint density at radius 1 is 1.26 bits per heavy atom. The second-order valence-electron chi connectivity index (χ2n) is 3.90. The summed E-state index contributed by atoms with van der Waals surface area (Å²) in [5.74, 6) is -0.00196. The molecule has 2 aromatic carbocycles. The quantitative estimate of drug-likeness (QED) is 0.748. The highest BCUT2D eigenvalue weighted by Crippen LogP contribution is 2.32. The van der Waals surface area contributed by atoms with Gasteiger partial charge in [-0.1, -0.05) is 24.3 Å². The number of carboxylic acid groups (broad SMARTS) is 1. The molecule has 0 spiro atoms. The van der Waals surface area contributed by atoms with Gasteiger partial charge in [0.05, 0.1) is 11.4 Å². The number of anilines is 1. The highest BCUT2D eigenvalue weighted by molar-refractivity contribution is 9.10. The van der Waals surface area contributed by atoms with Crippen molar-refractivity contribution < 1.29 is 18.3 Å². The molecule has 0 fully saturated rings. The molecule has 100 valence electrons. The maximum absolute atomic E-state index is 10.7. The summed E-state index contributed by atoms with van der Waals surface area (Å²) in [5, 5.41) is 12.7. The van der Waals surface area contributed by atoms with Crippen molar-refractivity contribution in [2.75, 3.05) is 5.32 Å². The smallest absolute Gasteiger partial charge is 0.409 e. The van der Waals surface area contributed by atoms with Gasteiger partial charge in [-0.25, -0.2) is 13.2 Å². The number of thiol groups is 1. The average molecular weight is 344 g/mol. The van der Waals surface area contributed by atoms with Crippen LogP contribution in [0.15, 0.2) is 34.8 Å². The zero-order chi connectivity index (χ0) is 14.0. The molecule has 2 aromatic rings. The molecule has 0 aliphatic rings. The number of halogens is 1. The van der Waals surface area contributed by atoms with Gasteiger partial charge in [-0.15, -0.1) is 0 Å². The van der Waals surface area contributed by atoms with E-state index in [0.717, 1.165) is 10.8 Å². The summed E-state index contributed by atoms with van der Waals surface area (Å²) >= 11 is 3.34. The first-order chi connectivity index (χ1) is 8.97. The molecule has 5 nitrogen and oxygen atoms in total. The lowest BCUT2D eigenvalue weighted by Gasteiger charge is -2.08. The van der Waals surface area contributed by atoms with Crippen molar-refractivity contribution in [2.45, 2.75) is 5.75 Å². The summed E-state index contributed by atoms with van der Waals surface area (Å²) in [6, 6.07) is 8.62. The Morgan fingerprint density at radius 2 is 2.00 bits per heavy atom. The number of nitrogens with one attached hydrogen (secondary N) is 1. The number of benzene rings is 2. The van der Waals surface area contributed by atoms with Crippen LogP contribution in [0.5, 0.6) is 0 Å². The molecular weight excluding hydrogens is 334 g/mol. The largest absolute Gasteiger partial charge is 0.465 e. The van der Waals surface area contributed by atoms with E-state index >= 15 is 0 Å². The lowest BCUT2D eigenvalue weighted by Crippen LogP contribution is -2.07. The molecule has 0 bridgehead atoms. The SMILES string of the molecule is O=C(O)Nc1ccc2cc(C[SH](=O)=O)ccc2c1Br. The third kappa shape index (κ3) is 3.24. The normalized spacial score (nSPS) is 10.8. The van der Waals surface area contributed by atoms with E-state index < -0.39 is 16.8 Å². The van der Waals surface area contributed by atoms with E-state index in [-0.39, 0.29) is 5.75 Å². The van der Waals surface area contributed by atoms with Gasteiger partial charge in [0, 0.05) is 4.47 Å². The van der Waals surface area contributed by atoms with Crippen LogP contribution in [0.2, 0.25) is 0 Å². The minimum atomic E-state index is -2.46. The Balaban J connectivity index is 2.50. The lowest BCUT2D eigenvalue weighted by atomic mass is 10.1. The van der Waals surface area contributed by atoms with E-state index in [1.54, 1.807) is 30.3 Å². The van der Waals surface area contributed by atoms with Gasteiger partial charge in [-0.3, -0.25) is 5.32 Å². The Labute approximate surface area is 119 Å². The van der Waals surface area contributed by atoms with E-state index in [4.69, 9.17) is 5.11 Å². The second-order valence-corrected chi connectivity index (χ2v) is 5.68. The molecule has 0 atom stereocenters. The van der Waals surface area contributed by atoms with Crippen LogP contribution in [0.3, 0.4) is 0 Å². The molecule has 0 aromatic heterocycles. The van der Waals surface area contributed by atoms with Crippen LogP contribution in [0.25, 0.3) is 10.8 Å². The van der Waals surface area contributed by atoms with Crippen molar-refractivity contribution in [1.82, 2.24) is 0 Å². The van der Waals surface area contributed by atoms with Crippen LogP contribution >= 0.6 is 15.9 Å². The molecule has 1 amide bonds. The maximum atomic E-state index is 10.7. The lowest BCUT2D eigenvalue weighted by molar-refractivity contribution is 0.209. The maximum Gasteiger partial charge on any atom is 0.409 e. The molecule has 0 unspecified atom stereocenters. The predicted molar refractivity (Wildman–Crippen MR) is 77.3 cm³/mol. The van der Waals surface area contributed by atoms with Crippen LogP contribution < -0.4 is 5.32 Å². The third-order valence-electron chi connectivity index (χ3n) is 2.57. The number of rotatable bonds is 3. The summed E-state index contributed by atoms with van der Waals surface area (Å²) in [4.78, 5) is 10.6. The number of fused-ring (bicyclic) bond motifs is 1. The minimum Gasteiger partial charge on any atom is -0.465 e. The van der Waals surface area contributed by atoms with Gasteiger partial charge in [0.1, 0.15) is 10.7 Å². The standard InChI is InChI=1S/C12H10BrNO4S/c13-11-9-3-1-7(6-19(17)18)5-8(9)2-4-10(11)14-12(15)16/h1-5,14,19H,6H2,(H,15,16). The zero-order valence-corrected chi connectivity index (χ0v) is 12.1. The Kier molecular flexibility index (Phi) is 4.06. The summed E-state index contributed by atoms with van der Waals surface area (Å²) < 4.78 is 22.0. The van der Waals surface area contributed by atoms with Crippen LogP contribution in [-0.4, -0.2) is 19.6 Å². The number of hydrogen-bond donors (Lipinski definition) is 3. The van der Waals surface area contributed by atoms with Crippen molar-refractivity contribution in [2.24, 2.45) is 0 Å². The van der Waals surface area contributed by atoms with Crippen LogP contribution in [0, 0.1) is 0 Å². The highest BCUT2D eigenvalue weighted by Gasteiger charge is 2.08. The molecule has 0 aliphatic heterocycles. The van der Waals surface area contributed by atoms with Gasteiger partial charge in [0.2, 0.25) is 0 Å². The van der Waals surface area contributed by atoms with Crippen LogP contribution in [0.4, 0.5) is 10.5 Å². The van der Waals surface area contributed by atoms with Crippen molar-refractivity contribution in [3.05, 3.63) is 40.4 Å². The van der Waals surface area contributed by atoms with Gasteiger partial charge in [-0.2, -0.15) is 0 Å². The Hall–Kier alpha value is -1.60. The van der Waals surface area contributed by atoms with Crippen molar-refractivity contribution in [1.29, 1.82) is 0 Å². The van der Waals surface area contributed by atoms with Crippen molar-refractivity contribution in [3.8, 4) is 0 Å². The molecule has 0 heterocycles. The van der Waals surface area contributed by atoms with Gasteiger partial charge in [0.15, 0.2) is 0 Å². The molecule has 7 heteroatoms. The van der Waals surface area contributed by atoms with Crippen molar-refractivity contribution in [3.63, 3.8) is 0 Å². The fourth-order valence-corrected chi connectivity index (χ4v) is 2.89. The number of amides is 1. The predicted octanol–water partition coefficient (Wildman–Crippen LogP) is 2.80. The van der Waals surface area contributed by atoms with Gasteiger partial charge >= 0.3 is 6.09 Å². The second kappa shape index (κ2) is 5.58. The molecule has 2 N–H and O–H groups in total. The topological polar surface area (TPSA) is 83.5 Å². The first-order valence-corrected chi connectivity index (χ1v) is 7.46. The molecular formula is C12H10BrNO4S. The van der Waals surface area contributed by atoms with E-state index in [9.17, 15) is 13.2 Å². The number of hydrogen-bond acceptors (Lipinski definition) is 3. The molecule has 0 saturated heterocycles. The third-order valence-corrected chi connectivity index (χ3v) is 4.05. The fraction of sp³-hybridized carbons (Fsp3) is 0.0833. The van der Waals surface area contributed by atoms with Crippen LogP contribution in [-0.2, 0) is 16.5 Å². The summed E-state index contributed by atoms with van der Waals surface area (Å²) in [6.07, 6.45) is -1.14. The Morgan fingerprint density at radius 3 is 2.63 bits per heavy atom. The highest BCUT2D eigenvalue weighted by atomic mass is 79.9. The molecule has 2 rings (SSSR count). The van der Waals surface area contributed by atoms with Crippen LogP contribution in [0.1, 0.15) is 5.56 Å². The van der Waals surface area contributed by atoms with Crippen molar-refractivity contribution >= 4 is 49.2 Å². The van der Waals surface area contributed by atoms with E-state index in [0.29, 0.717) is 15.7 Å². The molecule has 19 heavy (non-hydrogen) atoms. The zero-order valence-electron chi connectivity index (χ0n) is 9.59. The average Bonchev–Trinajstić information content (AvgIpc) is 2.31. The monoisotopic (exact) mass is 343 g/mol. The van der Waals surface area contributed by atoms with Gasteiger partial charge in [0.25, 0.3) is 0 Å². The summed E-state index contributed by atoms with van der Waals surface area (Å²) in [7, 11) is -2.46. The van der Waals surface area contributed by atoms with E-state index in [1.807, 2.05) is 0 Å².